The summed E-state index contributed by atoms with van der Waals surface area (Å²) in [7, 11) is 0. The van der Waals surface area contributed by atoms with Gasteiger partial charge in [-0.2, -0.15) is 10.2 Å². The van der Waals surface area contributed by atoms with Crippen molar-refractivity contribution in [1.82, 2.24) is 15.1 Å². The molecule has 0 aliphatic rings. The first-order chi connectivity index (χ1) is 11.1. The lowest BCUT2D eigenvalue weighted by molar-refractivity contribution is 0.432. The van der Waals surface area contributed by atoms with E-state index in [4.69, 9.17) is 9.78 Å². The summed E-state index contributed by atoms with van der Waals surface area (Å²) in [5, 5.41) is 13.1. The Labute approximate surface area is 134 Å². The molecule has 0 aliphatic heterocycles. The molecule has 0 radical (unpaired) electrons. The highest BCUT2D eigenvalue weighted by Crippen LogP contribution is 2.24. The normalized spacial score (nSPS) is 10.7. The van der Waals surface area contributed by atoms with Crippen LogP contribution in [0.5, 0.6) is 0 Å². The molecule has 5 heteroatoms. The van der Waals surface area contributed by atoms with Gasteiger partial charge in [0, 0.05) is 11.8 Å². The van der Waals surface area contributed by atoms with E-state index in [9.17, 15) is 0 Å². The van der Waals surface area contributed by atoms with Crippen molar-refractivity contribution in [2.24, 2.45) is 0 Å². The quantitative estimate of drug-likeness (QED) is 0.728. The van der Waals surface area contributed by atoms with Crippen molar-refractivity contribution in [2.75, 3.05) is 0 Å². The fourth-order valence-electron chi connectivity index (χ4n) is 2.24. The topological polar surface area (TPSA) is 75.6 Å². The molecule has 0 spiro atoms. The van der Waals surface area contributed by atoms with Gasteiger partial charge in [-0.15, -0.1) is 0 Å². The summed E-state index contributed by atoms with van der Waals surface area (Å²) in [6.07, 6.45) is 1.63. The molecule has 0 saturated heterocycles. The molecule has 5 nitrogen and oxygen atoms in total. The molecule has 0 N–H and O–H groups in total. The van der Waals surface area contributed by atoms with Gasteiger partial charge in [-0.25, -0.2) is 0 Å². The van der Waals surface area contributed by atoms with Crippen molar-refractivity contribution in [3.05, 3.63) is 53.3 Å². The molecular formula is C18H16N4O. The molecule has 0 saturated carbocycles. The first kappa shape index (κ1) is 14.9. The van der Waals surface area contributed by atoms with Crippen molar-refractivity contribution in [3.8, 4) is 28.9 Å². The van der Waals surface area contributed by atoms with Gasteiger partial charge in [0.15, 0.2) is 0 Å². The molecule has 0 atom stereocenters. The molecule has 0 unspecified atom stereocenters. The van der Waals surface area contributed by atoms with Crippen LogP contribution in [-0.4, -0.2) is 15.1 Å². The number of pyridine rings is 1. The minimum absolute atomic E-state index is 0.358. The maximum Gasteiger partial charge on any atom is 0.259 e. The molecule has 0 fully saturated rings. The average molecular weight is 304 g/mol. The van der Waals surface area contributed by atoms with Crippen LogP contribution in [0.15, 0.2) is 41.1 Å². The predicted molar refractivity (Wildman–Crippen MR) is 86.5 cm³/mol. The van der Waals surface area contributed by atoms with Crippen molar-refractivity contribution in [1.29, 1.82) is 5.26 Å². The van der Waals surface area contributed by atoms with Crippen LogP contribution in [0.1, 0.15) is 36.6 Å². The van der Waals surface area contributed by atoms with E-state index in [0.29, 0.717) is 34.5 Å². The van der Waals surface area contributed by atoms with Gasteiger partial charge >= 0.3 is 0 Å². The van der Waals surface area contributed by atoms with E-state index in [-0.39, 0.29) is 0 Å². The SMILES string of the molecule is Cc1ncc(-c2nc(-c3ccc(C(C)C)cc3)no2)cc1C#N. The van der Waals surface area contributed by atoms with Crippen LogP contribution in [0, 0.1) is 18.3 Å². The molecule has 0 bridgehead atoms. The molecule has 0 aliphatic carbocycles. The van der Waals surface area contributed by atoms with E-state index in [1.807, 2.05) is 12.1 Å². The third-order valence-corrected chi connectivity index (χ3v) is 3.72. The first-order valence-electron chi connectivity index (χ1n) is 7.39. The number of rotatable bonds is 3. The minimum Gasteiger partial charge on any atom is -0.334 e. The zero-order chi connectivity index (χ0) is 16.4. The van der Waals surface area contributed by atoms with E-state index in [0.717, 1.165) is 5.56 Å². The fraction of sp³-hybridized carbons (Fsp3) is 0.222. The van der Waals surface area contributed by atoms with Crippen LogP contribution < -0.4 is 0 Å². The van der Waals surface area contributed by atoms with Crippen LogP contribution in [0.3, 0.4) is 0 Å². The monoisotopic (exact) mass is 304 g/mol. The lowest BCUT2D eigenvalue weighted by Gasteiger charge is -2.04. The summed E-state index contributed by atoms with van der Waals surface area (Å²) in [4.78, 5) is 8.59. The summed E-state index contributed by atoms with van der Waals surface area (Å²) in [5.74, 6) is 1.36. The number of nitrogens with zero attached hydrogens (tertiary/aromatic N) is 4. The van der Waals surface area contributed by atoms with Crippen molar-refractivity contribution >= 4 is 0 Å². The Kier molecular flexibility index (Phi) is 3.90. The fourth-order valence-corrected chi connectivity index (χ4v) is 2.24. The van der Waals surface area contributed by atoms with Gasteiger partial charge in [0.2, 0.25) is 5.82 Å². The van der Waals surface area contributed by atoms with E-state index in [1.165, 1.54) is 5.56 Å². The Balaban J connectivity index is 1.93. The number of hydrogen-bond donors (Lipinski definition) is 0. The maximum absolute atomic E-state index is 9.09. The third kappa shape index (κ3) is 2.97. The molecule has 3 aromatic rings. The molecule has 2 heterocycles. The Morgan fingerprint density at radius 3 is 2.52 bits per heavy atom. The van der Waals surface area contributed by atoms with Gasteiger partial charge in [-0.1, -0.05) is 43.3 Å². The molecule has 2 aromatic heterocycles. The van der Waals surface area contributed by atoms with E-state index >= 15 is 0 Å². The Morgan fingerprint density at radius 2 is 1.87 bits per heavy atom. The van der Waals surface area contributed by atoms with Crippen LogP contribution in [-0.2, 0) is 0 Å². The Morgan fingerprint density at radius 1 is 1.13 bits per heavy atom. The third-order valence-electron chi connectivity index (χ3n) is 3.72. The van der Waals surface area contributed by atoms with Crippen LogP contribution in [0.2, 0.25) is 0 Å². The van der Waals surface area contributed by atoms with Crippen LogP contribution in [0.25, 0.3) is 22.8 Å². The molecule has 3 rings (SSSR count). The standard InChI is InChI=1S/C18H16N4O/c1-11(2)13-4-6-14(7-5-13)17-21-18(23-22-17)16-8-15(9-19)12(3)20-10-16/h4-8,10-11H,1-3H3. The van der Waals surface area contributed by atoms with Crippen LogP contribution >= 0.6 is 0 Å². The maximum atomic E-state index is 9.09. The highest BCUT2D eigenvalue weighted by Gasteiger charge is 2.13. The average Bonchev–Trinajstić information content (AvgIpc) is 3.05. The molecular weight excluding hydrogens is 288 g/mol. The second-order valence-corrected chi connectivity index (χ2v) is 5.67. The Bertz CT molecular complexity index is 873. The lowest BCUT2D eigenvalue weighted by atomic mass is 10.0. The summed E-state index contributed by atoms with van der Waals surface area (Å²) in [6.45, 7) is 6.09. The molecule has 23 heavy (non-hydrogen) atoms. The number of hydrogen-bond acceptors (Lipinski definition) is 5. The number of aryl methyl sites for hydroxylation is 1. The van der Waals surface area contributed by atoms with Crippen molar-refractivity contribution < 1.29 is 4.52 Å². The smallest absolute Gasteiger partial charge is 0.259 e. The van der Waals surface area contributed by atoms with Crippen molar-refractivity contribution in [2.45, 2.75) is 26.7 Å². The second kappa shape index (κ2) is 6.01. The largest absolute Gasteiger partial charge is 0.334 e. The van der Waals surface area contributed by atoms with Gasteiger partial charge in [-0.3, -0.25) is 4.98 Å². The number of nitriles is 1. The summed E-state index contributed by atoms with van der Waals surface area (Å²) in [5.41, 5.74) is 3.98. The zero-order valence-electron chi connectivity index (χ0n) is 13.2. The number of benzene rings is 1. The van der Waals surface area contributed by atoms with E-state index < -0.39 is 0 Å². The summed E-state index contributed by atoms with van der Waals surface area (Å²) >= 11 is 0. The Hall–Kier alpha value is -3.00. The van der Waals surface area contributed by atoms with E-state index in [1.54, 1.807) is 19.2 Å². The summed E-state index contributed by atoms with van der Waals surface area (Å²) in [6, 6.07) is 11.9. The highest BCUT2D eigenvalue weighted by atomic mass is 16.5. The van der Waals surface area contributed by atoms with Gasteiger partial charge in [0.25, 0.3) is 5.89 Å². The predicted octanol–water partition coefficient (Wildman–Crippen LogP) is 4.10. The van der Waals surface area contributed by atoms with Gasteiger partial charge < -0.3 is 4.52 Å². The molecule has 1 aromatic carbocycles. The highest BCUT2D eigenvalue weighted by molar-refractivity contribution is 5.61. The molecule has 114 valence electrons. The van der Waals surface area contributed by atoms with Crippen LogP contribution in [0.4, 0.5) is 0 Å². The summed E-state index contributed by atoms with van der Waals surface area (Å²) < 4.78 is 5.31. The van der Waals surface area contributed by atoms with E-state index in [2.05, 4.69) is 47.2 Å². The second-order valence-electron chi connectivity index (χ2n) is 5.67. The number of aromatic nitrogens is 3. The van der Waals surface area contributed by atoms with Gasteiger partial charge in [-0.05, 0) is 24.5 Å². The first-order valence-corrected chi connectivity index (χ1v) is 7.39. The lowest BCUT2D eigenvalue weighted by Crippen LogP contribution is -1.90. The minimum atomic E-state index is 0.358. The van der Waals surface area contributed by atoms with Gasteiger partial charge in [0.1, 0.15) is 6.07 Å². The van der Waals surface area contributed by atoms with Gasteiger partial charge in [0.05, 0.1) is 16.8 Å². The van der Waals surface area contributed by atoms with Crippen molar-refractivity contribution in [3.63, 3.8) is 0 Å². The molecule has 0 amide bonds. The zero-order valence-corrected chi connectivity index (χ0v) is 13.2.